The summed E-state index contributed by atoms with van der Waals surface area (Å²) < 4.78 is 0. The maximum absolute atomic E-state index is 11.1. The predicted molar refractivity (Wildman–Crippen MR) is 54.3 cm³/mol. The predicted octanol–water partition coefficient (Wildman–Crippen LogP) is 0.147. The maximum Gasteiger partial charge on any atom is 0.332 e. The monoisotopic (exact) mass is 224 g/mol. The van der Waals surface area contributed by atoms with E-state index in [0.717, 1.165) is 5.56 Å². The Morgan fingerprint density at radius 2 is 2.31 bits per heavy atom. The lowest BCUT2D eigenvalue weighted by molar-refractivity contribution is -0.149. The molecule has 0 atom stereocenters. The number of carbonyl (C=O) groups excluding carboxylic acids is 1. The Kier molecular flexibility index (Phi) is 4.94. The minimum absolute atomic E-state index is 0.227. The molecule has 0 aliphatic carbocycles. The molecule has 86 valence electrons. The van der Waals surface area contributed by atoms with E-state index in [0.29, 0.717) is 6.42 Å². The topological polar surface area (TPSA) is 88.5 Å². The third-order valence-electron chi connectivity index (χ3n) is 1.75. The van der Waals surface area contributed by atoms with Crippen molar-refractivity contribution in [3.05, 3.63) is 30.1 Å². The van der Waals surface area contributed by atoms with Crippen LogP contribution in [0.25, 0.3) is 0 Å². The number of carbonyl (C=O) groups is 2. The number of carboxylic acid groups (broad SMARTS) is 1. The van der Waals surface area contributed by atoms with Crippen molar-refractivity contribution in [3.8, 4) is 0 Å². The van der Waals surface area contributed by atoms with Crippen LogP contribution in [0.15, 0.2) is 24.5 Å². The van der Waals surface area contributed by atoms with Gasteiger partial charge in [-0.2, -0.15) is 0 Å². The van der Waals surface area contributed by atoms with Gasteiger partial charge in [0.1, 0.15) is 0 Å². The van der Waals surface area contributed by atoms with Crippen LogP contribution in [0, 0.1) is 0 Å². The molecule has 1 heterocycles. The van der Waals surface area contributed by atoms with Crippen LogP contribution in [0.2, 0.25) is 0 Å². The van der Waals surface area contributed by atoms with E-state index in [1.807, 2.05) is 11.5 Å². The van der Waals surface area contributed by atoms with E-state index in [9.17, 15) is 9.59 Å². The summed E-state index contributed by atoms with van der Waals surface area (Å²) in [4.78, 5) is 29.6. The number of hydroxylamine groups is 1. The quantitative estimate of drug-likeness (QED) is 0.671. The van der Waals surface area contributed by atoms with E-state index < -0.39 is 12.6 Å². The molecule has 6 heteroatoms. The Morgan fingerprint density at radius 1 is 1.50 bits per heavy atom. The minimum Gasteiger partial charge on any atom is -0.479 e. The Morgan fingerprint density at radius 3 is 2.94 bits per heavy atom. The van der Waals surface area contributed by atoms with E-state index in [2.05, 4.69) is 9.82 Å². The van der Waals surface area contributed by atoms with Gasteiger partial charge in [-0.3, -0.25) is 14.6 Å². The minimum atomic E-state index is -1.13. The number of nitrogens with zero attached hydrogens (tertiary/aromatic N) is 1. The molecule has 0 saturated heterocycles. The highest BCUT2D eigenvalue weighted by molar-refractivity contribution is 5.75. The fourth-order valence-corrected chi connectivity index (χ4v) is 1.03. The van der Waals surface area contributed by atoms with Crippen LogP contribution in [0.1, 0.15) is 12.0 Å². The number of rotatable bonds is 6. The first-order valence-electron chi connectivity index (χ1n) is 4.70. The summed E-state index contributed by atoms with van der Waals surface area (Å²) in [5.74, 6) is -1.49. The van der Waals surface area contributed by atoms with Gasteiger partial charge in [0.25, 0.3) is 0 Å². The summed E-state index contributed by atoms with van der Waals surface area (Å²) in [6.07, 6.45) is 4.09. The first-order valence-corrected chi connectivity index (χ1v) is 4.70. The Balaban J connectivity index is 2.18. The molecule has 0 aliphatic heterocycles. The number of carboxylic acids is 1. The fraction of sp³-hybridized carbons (Fsp3) is 0.300. The Hall–Kier alpha value is -1.95. The molecule has 1 rings (SSSR count). The first-order chi connectivity index (χ1) is 7.68. The van der Waals surface area contributed by atoms with Gasteiger partial charge >= 0.3 is 5.97 Å². The van der Waals surface area contributed by atoms with Gasteiger partial charge in [0.05, 0.1) is 0 Å². The van der Waals surface area contributed by atoms with E-state index in [1.54, 1.807) is 18.5 Å². The van der Waals surface area contributed by atoms with E-state index >= 15 is 0 Å². The standard InChI is InChI=1S/C10H12N2O4/c13-9(12-16-7-10(14)15)4-3-8-2-1-5-11-6-8/h1-2,5-6H,3-4,7H2,(H,12,13)(H,14,15). The zero-order valence-corrected chi connectivity index (χ0v) is 8.55. The fourth-order valence-electron chi connectivity index (χ4n) is 1.03. The maximum atomic E-state index is 11.1. The van der Waals surface area contributed by atoms with Crippen molar-refractivity contribution >= 4 is 11.9 Å². The number of hydrogen-bond acceptors (Lipinski definition) is 4. The molecule has 1 aromatic rings. The number of amides is 1. The molecule has 6 nitrogen and oxygen atoms in total. The highest BCUT2D eigenvalue weighted by Crippen LogP contribution is 1.99. The van der Waals surface area contributed by atoms with Gasteiger partial charge in [0, 0.05) is 18.8 Å². The van der Waals surface area contributed by atoms with Crippen LogP contribution < -0.4 is 5.48 Å². The van der Waals surface area contributed by atoms with Crippen molar-refractivity contribution in [2.24, 2.45) is 0 Å². The first kappa shape index (κ1) is 12.1. The molecule has 0 aromatic carbocycles. The second-order valence-corrected chi connectivity index (χ2v) is 3.07. The average Bonchev–Trinajstić information content (AvgIpc) is 2.27. The molecule has 2 N–H and O–H groups in total. The van der Waals surface area contributed by atoms with E-state index in [1.165, 1.54) is 0 Å². The zero-order chi connectivity index (χ0) is 11.8. The summed E-state index contributed by atoms with van der Waals surface area (Å²) in [5.41, 5.74) is 2.98. The average molecular weight is 224 g/mol. The SMILES string of the molecule is O=C(O)CONC(=O)CCc1cccnc1. The van der Waals surface area contributed by atoms with Crippen LogP contribution in [-0.4, -0.2) is 28.6 Å². The van der Waals surface area contributed by atoms with Gasteiger partial charge in [0.15, 0.2) is 6.61 Å². The summed E-state index contributed by atoms with van der Waals surface area (Å²) in [5, 5.41) is 8.25. The van der Waals surface area contributed by atoms with Crippen molar-refractivity contribution in [3.63, 3.8) is 0 Å². The second kappa shape index (κ2) is 6.52. The lowest BCUT2D eigenvalue weighted by Crippen LogP contribution is -2.26. The molecule has 1 amide bonds. The van der Waals surface area contributed by atoms with Crippen molar-refractivity contribution in [2.45, 2.75) is 12.8 Å². The molecule has 0 fully saturated rings. The molecular weight excluding hydrogens is 212 g/mol. The van der Waals surface area contributed by atoms with E-state index in [4.69, 9.17) is 5.11 Å². The lowest BCUT2D eigenvalue weighted by Gasteiger charge is -2.03. The highest BCUT2D eigenvalue weighted by atomic mass is 16.7. The number of nitrogens with one attached hydrogen (secondary N) is 1. The summed E-state index contributed by atoms with van der Waals surface area (Å²) in [7, 11) is 0. The smallest absolute Gasteiger partial charge is 0.332 e. The van der Waals surface area contributed by atoms with Crippen LogP contribution in [0.4, 0.5) is 0 Å². The summed E-state index contributed by atoms with van der Waals surface area (Å²) in [6, 6.07) is 3.65. The van der Waals surface area contributed by atoms with Crippen molar-refractivity contribution in [2.75, 3.05) is 6.61 Å². The third-order valence-corrected chi connectivity index (χ3v) is 1.75. The van der Waals surface area contributed by atoms with Crippen LogP contribution in [0.5, 0.6) is 0 Å². The van der Waals surface area contributed by atoms with Gasteiger partial charge in [-0.15, -0.1) is 0 Å². The van der Waals surface area contributed by atoms with Crippen molar-refractivity contribution in [1.29, 1.82) is 0 Å². The third kappa shape index (κ3) is 5.06. The number of hydrogen-bond donors (Lipinski definition) is 2. The van der Waals surface area contributed by atoms with Crippen molar-refractivity contribution < 1.29 is 19.5 Å². The largest absolute Gasteiger partial charge is 0.479 e. The molecule has 0 saturated carbocycles. The molecule has 0 aliphatic rings. The van der Waals surface area contributed by atoms with Gasteiger partial charge in [-0.25, -0.2) is 10.3 Å². The lowest BCUT2D eigenvalue weighted by atomic mass is 10.1. The Labute approximate surface area is 92.2 Å². The normalized spacial score (nSPS) is 9.75. The van der Waals surface area contributed by atoms with Gasteiger partial charge in [0.2, 0.25) is 5.91 Å². The Bertz CT molecular complexity index is 353. The van der Waals surface area contributed by atoms with Gasteiger partial charge in [-0.05, 0) is 18.1 Å². The van der Waals surface area contributed by atoms with Gasteiger partial charge < -0.3 is 5.11 Å². The van der Waals surface area contributed by atoms with Crippen LogP contribution >= 0.6 is 0 Å². The molecule has 16 heavy (non-hydrogen) atoms. The van der Waals surface area contributed by atoms with Crippen LogP contribution in [-0.2, 0) is 20.8 Å². The molecule has 0 spiro atoms. The zero-order valence-electron chi connectivity index (χ0n) is 8.55. The number of pyridine rings is 1. The van der Waals surface area contributed by atoms with Crippen molar-refractivity contribution in [1.82, 2.24) is 10.5 Å². The molecule has 0 radical (unpaired) electrons. The van der Waals surface area contributed by atoms with Crippen LogP contribution in [0.3, 0.4) is 0 Å². The summed E-state index contributed by atoms with van der Waals surface area (Å²) in [6.45, 7) is -0.543. The number of aromatic nitrogens is 1. The molecule has 0 unspecified atom stereocenters. The molecular formula is C10H12N2O4. The molecule has 1 aromatic heterocycles. The molecule has 0 bridgehead atoms. The van der Waals surface area contributed by atoms with E-state index in [-0.39, 0.29) is 12.3 Å². The number of aryl methyl sites for hydroxylation is 1. The highest BCUT2D eigenvalue weighted by Gasteiger charge is 2.03. The summed E-state index contributed by atoms with van der Waals surface area (Å²) >= 11 is 0. The second-order valence-electron chi connectivity index (χ2n) is 3.07. The van der Waals surface area contributed by atoms with Gasteiger partial charge in [-0.1, -0.05) is 6.07 Å². The number of aliphatic carboxylic acids is 1.